The number of nitrogens with zero attached hydrogens (tertiary/aromatic N) is 2. The van der Waals surface area contributed by atoms with Crippen molar-refractivity contribution in [3.8, 4) is 0 Å². The van der Waals surface area contributed by atoms with Crippen LogP contribution in [-0.2, 0) is 22.4 Å². The number of nitrogens with one attached hydrogen (secondary N) is 1. The zero-order valence-corrected chi connectivity index (χ0v) is 14.8. The lowest BCUT2D eigenvalue weighted by Gasteiger charge is -2.47. The molecule has 0 amide bonds. The number of carbonyl (C=O) groups is 1. The smallest absolute Gasteiger partial charge is 0.311 e. The molecule has 1 aromatic heterocycles. The van der Waals surface area contributed by atoms with Crippen LogP contribution in [0.1, 0.15) is 49.8 Å². The highest BCUT2D eigenvalue weighted by atomic mass is 35.5. The summed E-state index contributed by atoms with van der Waals surface area (Å²) >= 11 is 6.15. The highest BCUT2D eigenvalue weighted by Gasteiger charge is 2.48. The van der Waals surface area contributed by atoms with Crippen molar-refractivity contribution < 1.29 is 9.53 Å². The minimum atomic E-state index is -0.0871. The van der Waals surface area contributed by atoms with E-state index in [0.717, 1.165) is 50.0 Å². The first-order valence-electron chi connectivity index (χ1n) is 9.07. The van der Waals surface area contributed by atoms with Crippen molar-refractivity contribution in [1.29, 1.82) is 0 Å². The Kier molecular flexibility index (Phi) is 4.37. The maximum atomic E-state index is 12.4. The molecule has 0 aliphatic heterocycles. The summed E-state index contributed by atoms with van der Waals surface area (Å²) in [6.07, 6.45) is 8.87. The summed E-state index contributed by atoms with van der Waals surface area (Å²) in [7, 11) is 1.49. The van der Waals surface area contributed by atoms with E-state index in [9.17, 15) is 4.79 Å². The highest BCUT2D eigenvalue weighted by molar-refractivity contribution is 6.28. The van der Waals surface area contributed by atoms with Crippen molar-refractivity contribution in [2.45, 2.75) is 57.4 Å². The number of esters is 1. The Morgan fingerprint density at radius 2 is 1.83 bits per heavy atom. The molecule has 2 bridgehead atoms. The van der Waals surface area contributed by atoms with Crippen LogP contribution >= 0.6 is 11.6 Å². The largest absolute Gasteiger partial charge is 0.469 e. The molecular weight excluding hydrogens is 326 g/mol. The van der Waals surface area contributed by atoms with Gasteiger partial charge in [-0.05, 0) is 74.8 Å². The van der Waals surface area contributed by atoms with Gasteiger partial charge in [0.2, 0.25) is 5.28 Å². The molecule has 0 radical (unpaired) electrons. The standard InChI is InChI=1S/C18H24ClN3O2/c1-24-17(23)14-10-6-8-11(9-7-10)15(14)21-16-12-4-2-3-5-13(12)20-18(19)22-16/h10-11,14-15H,2-9H2,1H3,(H,20,21,22). The highest BCUT2D eigenvalue weighted by Crippen LogP contribution is 2.47. The second-order valence-corrected chi connectivity index (χ2v) is 7.71. The third-order valence-electron chi connectivity index (χ3n) is 6.15. The Morgan fingerprint density at radius 1 is 1.12 bits per heavy atom. The van der Waals surface area contributed by atoms with Gasteiger partial charge in [0.15, 0.2) is 0 Å². The molecule has 1 heterocycles. The number of aryl methyl sites for hydroxylation is 1. The van der Waals surface area contributed by atoms with Crippen LogP contribution in [0.15, 0.2) is 0 Å². The third kappa shape index (κ3) is 2.77. The summed E-state index contributed by atoms with van der Waals surface area (Å²) in [5, 5.41) is 3.91. The van der Waals surface area contributed by atoms with Gasteiger partial charge in [0, 0.05) is 11.6 Å². The fourth-order valence-electron chi connectivity index (χ4n) is 4.97. The molecule has 2 atom stereocenters. The fraction of sp³-hybridized carbons (Fsp3) is 0.722. The number of carbonyl (C=O) groups excluding carboxylic acids is 1. The molecule has 24 heavy (non-hydrogen) atoms. The van der Waals surface area contributed by atoms with Gasteiger partial charge >= 0.3 is 5.97 Å². The quantitative estimate of drug-likeness (QED) is 0.669. The van der Waals surface area contributed by atoms with Crippen LogP contribution < -0.4 is 5.32 Å². The Hall–Kier alpha value is -1.36. The average molecular weight is 350 g/mol. The van der Waals surface area contributed by atoms with Crippen LogP contribution in [0, 0.1) is 17.8 Å². The third-order valence-corrected chi connectivity index (χ3v) is 6.32. The molecule has 0 saturated heterocycles. The van der Waals surface area contributed by atoms with Crippen LogP contribution in [0.4, 0.5) is 5.82 Å². The molecule has 130 valence electrons. The lowest BCUT2D eigenvalue weighted by atomic mass is 9.61. The summed E-state index contributed by atoms with van der Waals surface area (Å²) < 4.78 is 5.11. The average Bonchev–Trinajstić information content (AvgIpc) is 2.62. The molecular formula is C18H24ClN3O2. The minimum Gasteiger partial charge on any atom is -0.469 e. The number of hydrogen-bond donors (Lipinski definition) is 1. The van der Waals surface area contributed by atoms with Gasteiger partial charge in [-0.3, -0.25) is 4.79 Å². The molecule has 0 aromatic carbocycles. The van der Waals surface area contributed by atoms with Gasteiger partial charge in [-0.2, -0.15) is 0 Å². The molecule has 3 fully saturated rings. The predicted octanol–water partition coefficient (Wildman–Crippen LogP) is 3.40. The van der Waals surface area contributed by atoms with Crippen LogP contribution in [0.3, 0.4) is 0 Å². The van der Waals surface area contributed by atoms with Crippen molar-refractivity contribution in [2.75, 3.05) is 12.4 Å². The summed E-state index contributed by atoms with van der Waals surface area (Å²) in [5.74, 6) is 1.61. The lowest BCUT2D eigenvalue weighted by Crippen LogP contribution is -2.52. The van der Waals surface area contributed by atoms with Gasteiger partial charge in [-0.1, -0.05) is 0 Å². The van der Waals surface area contributed by atoms with Crippen molar-refractivity contribution >= 4 is 23.4 Å². The van der Waals surface area contributed by atoms with Gasteiger partial charge in [-0.15, -0.1) is 0 Å². The normalized spacial score (nSPS) is 31.4. The maximum Gasteiger partial charge on any atom is 0.311 e. The molecule has 0 spiro atoms. The van der Waals surface area contributed by atoms with E-state index in [0.29, 0.717) is 17.1 Å². The van der Waals surface area contributed by atoms with Crippen molar-refractivity contribution in [2.24, 2.45) is 17.8 Å². The van der Waals surface area contributed by atoms with Gasteiger partial charge in [0.25, 0.3) is 0 Å². The summed E-state index contributed by atoms with van der Waals surface area (Å²) in [4.78, 5) is 21.3. The molecule has 2 unspecified atom stereocenters. The predicted molar refractivity (Wildman–Crippen MR) is 92.0 cm³/mol. The Morgan fingerprint density at radius 3 is 2.58 bits per heavy atom. The number of methoxy groups -OCH3 is 1. The Balaban J connectivity index is 1.66. The molecule has 1 N–H and O–H groups in total. The van der Waals surface area contributed by atoms with E-state index < -0.39 is 0 Å². The van der Waals surface area contributed by atoms with E-state index >= 15 is 0 Å². The van der Waals surface area contributed by atoms with E-state index in [2.05, 4.69) is 15.3 Å². The number of rotatable bonds is 3. The van der Waals surface area contributed by atoms with Crippen molar-refractivity contribution in [1.82, 2.24) is 9.97 Å². The zero-order valence-electron chi connectivity index (χ0n) is 14.1. The van der Waals surface area contributed by atoms with Crippen LogP contribution in [-0.4, -0.2) is 29.1 Å². The van der Waals surface area contributed by atoms with Crippen molar-refractivity contribution in [3.63, 3.8) is 0 Å². The topological polar surface area (TPSA) is 64.1 Å². The number of halogens is 1. The van der Waals surface area contributed by atoms with Crippen molar-refractivity contribution in [3.05, 3.63) is 16.5 Å². The summed E-state index contributed by atoms with van der Waals surface area (Å²) in [5.41, 5.74) is 2.26. The first-order valence-corrected chi connectivity index (χ1v) is 9.45. The molecule has 4 aliphatic rings. The van der Waals surface area contributed by atoms with E-state index in [-0.39, 0.29) is 17.9 Å². The molecule has 4 aliphatic carbocycles. The SMILES string of the molecule is COC(=O)C1C2CCC(CC2)C1Nc1nc(Cl)nc2c1CCCC2. The van der Waals surface area contributed by atoms with Gasteiger partial charge < -0.3 is 10.1 Å². The van der Waals surface area contributed by atoms with E-state index in [1.807, 2.05) is 0 Å². The van der Waals surface area contributed by atoms with E-state index in [1.165, 1.54) is 25.5 Å². The number of ether oxygens (including phenoxy) is 1. The second kappa shape index (κ2) is 6.51. The zero-order chi connectivity index (χ0) is 16.7. The van der Waals surface area contributed by atoms with Crippen LogP contribution in [0.25, 0.3) is 0 Å². The molecule has 1 aromatic rings. The number of aromatic nitrogens is 2. The first-order chi connectivity index (χ1) is 11.7. The van der Waals surface area contributed by atoms with E-state index in [1.54, 1.807) is 0 Å². The number of fused-ring (bicyclic) bond motifs is 4. The van der Waals surface area contributed by atoms with Gasteiger partial charge in [-0.25, -0.2) is 9.97 Å². The second-order valence-electron chi connectivity index (χ2n) is 7.37. The Bertz CT molecular complexity index is 643. The number of anilines is 1. The summed E-state index contributed by atoms with van der Waals surface area (Å²) in [6.45, 7) is 0. The minimum absolute atomic E-state index is 0.0736. The fourth-order valence-corrected chi connectivity index (χ4v) is 5.16. The lowest BCUT2D eigenvalue weighted by molar-refractivity contribution is -0.152. The Labute approximate surface area is 147 Å². The first kappa shape index (κ1) is 16.1. The number of hydrogen-bond acceptors (Lipinski definition) is 5. The summed E-state index contributed by atoms with van der Waals surface area (Å²) in [6, 6.07) is 0.0990. The van der Waals surface area contributed by atoms with Gasteiger partial charge in [0.1, 0.15) is 5.82 Å². The van der Waals surface area contributed by atoms with Gasteiger partial charge in [0.05, 0.1) is 18.7 Å². The monoisotopic (exact) mass is 349 g/mol. The van der Waals surface area contributed by atoms with E-state index in [4.69, 9.17) is 16.3 Å². The maximum absolute atomic E-state index is 12.4. The van der Waals surface area contributed by atoms with Crippen LogP contribution in [0.2, 0.25) is 5.28 Å². The molecule has 3 saturated carbocycles. The van der Waals surface area contributed by atoms with Crippen LogP contribution in [0.5, 0.6) is 0 Å². The molecule has 6 heteroatoms. The molecule has 5 nitrogen and oxygen atoms in total. The molecule has 5 rings (SSSR count).